The molecule has 0 spiro atoms. The lowest BCUT2D eigenvalue weighted by Crippen LogP contribution is -2.11. The lowest BCUT2D eigenvalue weighted by molar-refractivity contribution is 0.0986. The smallest absolute Gasteiger partial charge is 0.173 e. The molecule has 0 aliphatic heterocycles. The quantitative estimate of drug-likeness (QED) is 0.759. The number of rotatable bonds is 4. The Balaban J connectivity index is 2.20. The van der Waals surface area contributed by atoms with Crippen LogP contribution in [-0.4, -0.2) is 15.3 Å². The van der Waals surface area contributed by atoms with E-state index < -0.39 is 5.82 Å². The van der Waals surface area contributed by atoms with Crippen molar-refractivity contribution < 1.29 is 9.18 Å². The Labute approximate surface area is 98.9 Å². The summed E-state index contributed by atoms with van der Waals surface area (Å²) in [5.41, 5.74) is 0.123. The van der Waals surface area contributed by atoms with E-state index in [0.717, 1.165) is 6.54 Å². The van der Waals surface area contributed by atoms with Crippen LogP contribution in [0.3, 0.4) is 0 Å². The second-order valence-electron chi connectivity index (χ2n) is 3.71. The van der Waals surface area contributed by atoms with Gasteiger partial charge in [-0.15, -0.1) is 0 Å². The highest BCUT2D eigenvalue weighted by Crippen LogP contribution is 2.10. The lowest BCUT2D eigenvalue weighted by Gasteiger charge is -2.04. The fourth-order valence-electron chi connectivity index (χ4n) is 1.72. The predicted molar refractivity (Wildman–Crippen MR) is 62.3 cm³/mol. The van der Waals surface area contributed by atoms with Crippen LogP contribution in [0.2, 0.25) is 0 Å². The molecular weight excluding hydrogens is 219 g/mol. The molecular formula is C13H13FN2O. The Morgan fingerprint density at radius 2 is 2.18 bits per heavy atom. The van der Waals surface area contributed by atoms with E-state index in [0.29, 0.717) is 5.82 Å². The number of Topliss-reactive ketones (excluding diaryl/α,β-unsaturated/α-hetero) is 1. The standard InChI is InChI=1S/C13H13FN2O/c1-2-16-8-7-15-13(16)9-12(17)10-5-3-4-6-11(10)14/h3-8H,2,9H2,1H3. The van der Waals surface area contributed by atoms with Crippen molar-refractivity contribution in [1.82, 2.24) is 9.55 Å². The van der Waals surface area contributed by atoms with E-state index in [-0.39, 0.29) is 17.8 Å². The molecule has 1 aromatic carbocycles. The summed E-state index contributed by atoms with van der Waals surface area (Å²) >= 11 is 0. The zero-order valence-electron chi connectivity index (χ0n) is 9.56. The average Bonchev–Trinajstić information content (AvgIpc) is 2.76. The Hall–Kier alpha value is -1.97. The molecule has 0 aliphatic rings. The zero-order chi connectivity index (χ0) is 12.3. The second kappa shape index (κ2) is 4.91. The number of benzene rings is 1. The molecule has 2 rings (SSSR count). The molecule has 0 N–H and O–H groups in total. The molecule has 88 valence electrons. The maximum atomic E-state index is 13.4. The van der Waals surface area contributed by atoms with Gasteiger partial charge in [0, 0.05) is 18.9 Å². The van der Waals surface area contributed by atoms with Crippen molar-refractivity contribution in [3.8, 4) is 0 Å². The predicted octanol–water partition coefficient (Wildman–Crippen LogP) is 2.47. The minimum Gasteiger partial charge on any atom is -0.335 e. The molecule has 0 unspecified atom stereocenters. The molecule has 1 heterocycles. The fourth-order valence-corrected chi connectivity index (χ4v) is 1.72. The summed E-state index contributed by atoms with van der Waals surface area (Å²) in [6, 6.07) is 6.01. The molecule has 0 aliphatic carbocycles. The van der Waals surface area contributed by atoms with Crippen molar-refractivity contribution in [2.45, 2.75) is 19.9 Å². The summed E-state index contributed by atoms with van der Waals surface area (Å²) in [6.45, 7) is 2.72. The number of halogens is 1. The van der Waals surface area contributed by atoms with E-state index in [4.69, 9.17) is 0 Å². The van der Waals surface area contributed by atoms with Gasteiger partial charge in [0.05, 0.1) is 12.0 Å². The molecule has 4 heteroatoms. The molecule has 0 amide bonds. The Morgan fingerprint density at radius 3 is 2.88 bits per heavy atom. The van der Waals surface area contributed by atoms with Crippen LogP contribution in [0.4, 0.5) is 4.39 Å². The first-order valence-corrected chi connectivity index (χ1v) is 5.50. The summed E-state index contributed by atoms with van der Waals surface area (Å²) < 4.78 is 15.3. The molecule has 0 saturated heterocycles. The Morgan fingerprint density at radius 1 is 1.41 bits per heavy atom. The Bertz CT molecular complexity index is 534. The summed E-state index contributed by atoms with van der Waals surface area (Å²) in [6.07, 6.45) is 3.58. The average molecular weight is 232 g/mol. The van der Waals surface area contributed by atoms with E-state index in [9.17, 15) is 9.18 Å². The van der Waals surface area contributed by atoms with Crippen molar-refractivity contribution in [2.24, 2.45) is 0 Å². The number of hydrogen-bond acceptors (Lipinski definition) is 2. The van der Waals surface area contributed by atoms with E-state index in [1.54, 1.807) is 18.3 Å². The van der Waals surface area contributed by atoms with Crippen LogP contribution in [0, 0.1) is 5.82 Å². The third-order valence-electron chi connectivity index (χ3n) is 2.64. The minimum absolute atomic E-state index is 0.123. The van der Waals surface area contributed by atoms with Crippen molar-refractivity contribution in [2.75, 3.05) is 0 Å². The van der Waals surface area contributed by atoms with E-state index in [1.165, 1.54) is 12.1 Å². The fraction of sp³-hybridized carbons (Fsp3) is 0.231. The van der Waals surface area contributed by atoms with Gasteiger partial charge in [-0.3, -0.25) is 4.79 Å². The highest BCUT2D eigenvalue weighted by molar-refractivity contribution is 5.97. The van der Waals surface area contributed by atoms with Crippen molar-refractivity contribution in [3.63, 3.8) is 0 Å². The van der Waals surface area contributed by atoms with Gasteiger partial charge < -0.3 is 4.57 Å². The number of ketones is 1. The Kier molecular flexibility index (Phi) is 3.32. The molecule has 0 fully saturated rings. The molecule has 3 nitrogen and oxygen atoms in total. The monoisotopic (exact) mass is 232 g/mol. The van der Waals surface area contributed by atoms with E-state index in [1.807, 2.05) is 17.7 Å². The van der Waals surface area contributed by atoms with Crippen LogP contribution >= 0.6 is 0 Å². The molecule has 17 heavy (non-hydrogen) atoms. The van der Waals surface area contributed by atoms with E-state index >= 15 is 0 Å². The number of carbonyl (C=O) groups excluding carboxylic acids is 1. The maximum Gasteiger partial charge on any atom is 0.173 e. The SMILES string of the molecule is CCn1ccnc1CC(=O)c1ccccc1F. The third kappa shape index (κ3) is 2.41. The van der Waals surface area contributed by atoms with Gasteiger partial charge in [0.2, 0.25) is 0 Å². The second-order valence-corrected chi connectivity index (χ2v) is 3.71. The molecule has 1 aromatic heterocycles. The molecule has 0 bridgehead atoms. The number of nitrogens with zero attached hydrogens (tertiary/aromatic N) is 2. The first kappa shape index (κ1) is 11.5. The van der Waals surface area contributed by atoms with E-state index in [2.05, 4.69) is 4.98 Å². The summed E-state index contributed by atoms with van der Waals surface area (Å²) in [7, 11) is 0. The lowest BCUT2D eigenvalue weighted by atomic mass is 10.1. The van der Waals surface area contributed by atoms with Crippen LogP contribution in [0.5, 0.6) is 0 Å². The van der Waals surface area contributed by atoms with Crippen molar-refractivity contribution in [3.05, 3.63) is 53.9 Å². The first-order chi connectivity index (χ1) is 8.22. The van der Waals surface area contributed by atoms with Crippen LogP contribution in [0.15, 0.2) is 36.7 Å². The molecule has 0 saturated carbocycles. The van der Waals surface area contributed by atoms with Crippen molar-refractivity contribution >= 4 is 5.78 Å². The van der Waals surface area contributed by atoms with Gasteiger partial charge in [-0.25, -0.2) is 9.37 Å². The number of carbonyl (C=O) groups is 1. The number of aryl methyl sites for hydroxylation is 1. The van der Waals surface area contributed by atoms with Crippen LogP contribution in [-0.2, 0) is 13.0 Å². The third-order valence-corrected chi connectivity index (χ3v) is 2.64. The highest BCUT2D eigenvalue weighted by Gasteiger charge is 2.14. The summed E-state index contributed by atoms with van der Waals surface area (Å²) in [4.78, 5) is 16.0. The van der Waals surface area contributed by atoms with Gasteiger partial charge in [-0.05, 0) is 19.1 Å². The van der Waals surface area contributed by atoms with Crippen molar-refractivity contribution in [1.29, 1.82) is 0 Å². The highest BCUT2D eigenvalue weighted by atomic mass is 19.1. The topological polar surface area (TPSA) is 34.9 Å². The van der Waals surface area contributed by atoms with Gasteiger partial charge in [-0.2, -0.15) is 0 Å². The molecule has 0 radical (unpaired) electrons. The van der Waals surface area contributed by atoms with Gasteiger partial charge in [0.15, 0.2) is 5.78 Å². The van der Waals surface area contributed by atoms with Gasteiger partial charge in [0.1, 0.15) is 11.6 Å². The number of hydrogen-bond donors (Lipinski definition) is 0. The van der Waals surface area contributed by atoms with Gasteiger partial charge >= 0.3 is 0 Å². The van der Waals surface area contributed by atoms with Crippen LogP contribution in [0.25, 0.3) is 0 Å². The normalized spacial score (nSPS) is 10.5. The van der Waals surface area contributed by atoms with Gasteiger partial charge in [-0.1, -0.05) is 12.1 Å². The maximum absolute atomic E-state index is 13.4. The summed E-state index contributed by atoms with van der Waals surface area (Å²) in [5.74, 6) is -0.0585. The molecule has 2 aromatic rings. The largest absolute Gasteiger partial charge is 0.335 e. The summed E-state index contributed by atoms with van der Waals surface area (Å²) in [5, 5.41) is 0. The first-order valence-electron chi connectivity index (χ1n) is 5.50. The molecule has 0 atom stereocenters. The van der Waals surface area contributed by atoms with Crippen LogP contribution < -0.4 is 0 Å². The number of aromatic nitrogens is 2. The van der Waals surface area contributed by atoms with Gasteiger partial charge in [0.25, 0.3) is 0 Å². The zero-order valence-corrected chi connectivity index (χ0v) is 9.56. The number of imidazole rings is 1. The van der Waals surface area contributed by atoms with Crippen LogP contribution in [0.1, 0.15) is 23.1 Å². The minimum atomic E-state index is -0.480.